The zero-order chi connectivity index (χ0) is 17.1. The molecule has 24 heavy (non-hydrogen) atoms. The molecule has 0 spiro atoms. The number of piperidine rings is 1. The predicted octanol–water partition coefficient (Wildman–Crippen LogP) is 3.54. The lowest BCUT2D eigenvalue weighted by Crippen LogP contribution is -2.38. The molecule has 1 aromatic carbocycles. The number of aromatic nitrogens is 2. The fourth-order valence-corrected chi connectivity index (χ4v) is 2.82. The van der Waals surface area contributed by atoms with Gasteiger partial charge in [0.15, 0.2) is 0 Å². The number of benzene rings is 1. The maximum absolute atomic E-state index is 13.8. The first-order valence-corrected chi connectivity index (χ1v) is 8.19. The van der Waals surface area contributed by atoms with Crippen molar-refractivity contribution in [2.24, 2.45) is 5.92 Å². The van der Waals surface area contributed by atoms with Crippen molar-refractivity contribution in [3.63, 3.8) is 0 Å². The van der Waals surface area contributed by atoms with Crippen LogP contribution in [0.15, 0.2) is 30.3 Å². The Balaban J connectivity index is 1.81. The molecule has 126 valence electrons. The van der Waals surface area contributed by atoms with Gasteiger partial charge in [0, 0.05) is 19.2 Å². The van der Waals surface area contributed by atoms with Crippen molar-refractivity contribution in [3.05, 3.63) is 47.7 Å². The highest BCUT2D eigenvalue weighted by Crippen LogP contribution is 2.21. The van der Waals surface area contributed by atoms with Crippen LogP contribution in [0.1, 0.15) is 36.1 Å². The molecule has 2 heterocycles. The molecule has 1 aromatic heterocycles. The van der Waals surface area contributed by atoms with Crippen molar-refractivity contribution < 1.29 is 9.18 Å². The van der Waals surface area contributed by atoms with E-state index in [1.54, 1.807) is 31.2 Å². The minimum atomic E-state index is -0.369. The van der Waals surface area contributed by atoms with Crippen LogP contribution in [0, 0.1) is 18.7 Å². The molecule has 2 aromatic rings. The van der Waals surface area contributed by atoms with Crippen molar-refractivity contribution in [2.75, 3.05) is 18.4 Å². The molecule has 0 unspecified atom stereocenters. The number of hydrogen-bond acceptors (Lipinski definition) is 4. The van der Waals surface area contributed by atoms with Crippen LogP contribution in [0.25, 0.3) is 0 Å². The molecule has 5 nitrogen and oxygen atoms in total. The smallest absolute Gasteiger partial charge is 0.272 e. The number of carbonyl (C=O) groups excluding carboxylic acids is 1. The summed E-state index contributed by atoms with van der Waals surface area (Å²) in [7, 11) is 0. The van der Waals surface area contributed by atoms with Gasteiger partial charge in [-0.2, -0.15) is 0 Å². The van der Waals surface area contributed by atoms with E-state index in [4.69, 9.17) is 0 Å². The molecule has 1 aliphatic heterocycles. The van der Waals surface area contributed by atoms with E-state index in [9.17, 15) is 9.18 Å². The van der Waals surface area contributed by atoms with Gasteiger partial charge >= 0.3 is 0 Å². The fourth-order valence-electron chi connectivity index (χ4n) is 2.82. The Kier molecular flexibility index (Phi) is 4.74. The summed E-state index contributed by atoms with van der Waals surface area (Å²) < 4.78 is 13.8. The van der Waals surface area contributed by atoms with Crippen molar-refractivity contribution in [1.82, 2.24) is 14.9 Å². The summed E-state index contributed by atoms with van der Waals surface area (Å²) in [6, 6.07) is 7.94. The van der Waals surface area contributed by atoms with Crippen molar-refractivity contribution in [1.29, 1.82) is 0 Å². The van der Waals surface area contributed by atoms with Gasteiger partial charge in [0.25, 0.3) is 5.91 Å². The summed E-state index contributed by atoms with van der Waals surface area (Å²) in [5.74, 6) is 1.08. The van der Waals surface area contributed by atoms with Gasteiger partial charge in [-0.3, -0.25) is 4.79 Å². The van der Waals surface area contributed by atoms with Crippen LogP contribution >= 0.6 is 0 Å². The van der Waals surface area contributed by atoms with Crippen LogP contribution in [0.5, 0.6) is 0 Å². The highest BCUT2D eigenvalue weighted by molar-refractivity contribution is 5.93. The molecule has 1 aliphatic rings. The highest BCUT2D eigenvalue weighted by Gasteiger charge is 2.23. The number of carbonyl (C=O) groups is 1. The van der Waals surface area contributed by atoms with E-state index in [0.717, 1.165) is 25.9 Å². The van der Waals surface area contributed by atoms with Crippen LogP contribution < -0.4 is 5.32 Å². The average Bonchev–Trinajstić information content (AvgIpc) is 2.56. The second kappa shape index (κ2) is 6.95. The number of nitrogens with one attached hydrogen (secondary N) is 1. The molecule has 1 fully saturated rings. The van der Waals surface area contributed by atoms with Crippen LogP contribution in [0.2, 0.25) is 0 Å². The maximum atomic E-state index is 13.8. The lowest BCUT2D eigenvalue weighted by atomic mass is 9.99. The number of para-hydroxylation sites is 1. The summed E-state index contributed by atoms with van der Waals surface area (Å²) in [6.07, 6.45) is 2.02. The van der Waals surface area contributed by atoms with Crippen molar-refractivity contribution in [2.45, 2.75) is 26.7 Å². The first-order valence-electron chi connectivity index (χ1n) is 8.19. The first-order chi connectivity index (χ1) is 11.5. The molecular weight excluding hydrogens is 307 g/mol. The summed E-state index contributed by atoms with van der Waals surface area (Å²) in [4.78, 5) is 23.0. The Hall–Kier alpha value is -2.50. The van der Waals surface area contributed by atoms with Gasteiger partial charge in [-0.25, -0.2) is 14.4 Å². The van der Waals surface area contributed by atoms with Gasteiger partial charge in [-0.1, -0.05) is 19.1 Å². The number of hydrogen-bond donors (Lipinski definition) is 1. The normalized spacial score (nSPS) is 15.4. The summed E-state index contributed by atoms with van der Waals surface area (Å²) >= 11 is 0. The van der Waals surface area contributed by atoms with Crippen molar-refractivity contribution in [3.8, 4) is 0 Å². The van der Waals surface area contributed by atoms with Gasteiger partial charge < -0.3 is 10.2 Å². The summed E-state index contributed by atoms with van der Waals surface area (Å²) in [5, 5.41) is 2.92. The van der Waals surface area contributed by atoms with Crippen LogP contribution in [-0.2, 0) is 0 Å². The third-order valence-electron chi connectivity index (χ3n) is 4.26. The molecule has 1 amide bonds. The van der Waals surface area contributed by atoms with Crippen LogP contribution in [0.3, 0.4) is 0 Å². The van der Waals surface area contributed by atoms with Crippen LogP contribution in [-0.4, -0.2) is 33.9 Å². The average molecular weight is 328 g/mol. The zero-order valence-electron chi connectivity index (χ0n) is 13.9. The van der Waals surface area contributed by atoms with Gasteiger partial charge in [0.2, 0.25) is 0 Å². The number of amides is 1. The lowest BCUT2D eigenvalue weighted by molar-refractivity contribution is 0.0691. The topological polar surface area (TPSA) is 58.1 Å². The number of likely N-dealkylation sites (tertiary alicyclic amines) is 1. The third-order valence-corrected chi connectivity index (χ3v) is 4.26. The van der Waals surface area contributed by atoms with E-state index in [1.165, 1.54) is 6.07 Å². The number of halogens is 1. The molecule has 6 heteroatoms. The van der Waals surface area contributed by atoms with Gasteiger partial charge in [0.05, 0.1) is 5.69 Å². The molecule has 3 rings (SSSR count). The number of aryl methyl sites for hydroxylation is 1. The molecule has 1 N–H and O–H groups in total. The molecule has 0 atom stereocenters. The predicted molar refractivity (Wildman–Crippen MR) is 90.8 cm³/mol. The number of nitrogens with zero attached hydrogens (tertiary/aromatic N) is 3. The third kappa shape index (κ3) is 3.69. The maximum Gasteiger partial charge on any atom is 0.272 e. The zero-order valence-corrected chi connectivity index (χ0v) is 13.9. The Morgan fingerprint density at radius 3 is 2.67 bits per heavy atom. The second-order valence-corrected chi connectivity index (χ2v) is 6.27. The van der Waals surface area contributed by atoms with Gasteiger partial charge in [0.1, 0.15) is 23.2 Å². The molecule has 0 bridgehead atoms. The minimum Gasteiger partial charge on any atom is -0.338 e. The first kappa shape index (κ1) is 16.4. The quantitative estimate of drug-likeness (QED) is 0.936. The molecule has 0 saturated carbocycles. The molecular formula is C18H21FN4O. The Bertz CT molecular complexity index is 742. The van der Waals surface area contributed by atoms with Gasteiger partial charge in [-0.15, -0.1) is 0 Å². The molecule has 0 aliphatic carbocycles. The fraction of sp³-hybridized carbons (Fsp3) is 0.389. The Morgan fingerprint density at radius 1 is 1.25 bits per heavy atom. The van der Waals surface area contributed by atoms with E-state index in [1.807, 2.05) is 4.90 Å². The van der Waals surface area contributed by atoms with Crippen molar-refractivity contribution >= 4 is 17.4 Å². The molecule has 0 radical (unpaired) electrons. The lowest BCUT2D eigenvalue weighted by Gasteiger charge is -2.30. The van der Waals surface area contributed by atoms with E-state index in [0.29, 0.717) is 28.9 Å². The summed E-state index contributed by atoms with van der Waals surface area (Å²) in [5.41, 5.74) is 0.664. The van der Waals surface area contributed by atoms with E-state index in [2.05, 4.69) is 22.2 Å². The number of rotatable bonds is 3. The summed E-state index contributed by atoms with van der Waals surface area (Å²) in [6.45, 7) is 5.42. The Labute approximate surface area is 140 Å². The van der Waals surface area contributed by atoms with Gasteiger partial charge in [-0.05, 0) is 37.8 Å². The van der Waals surface area contributed by atoms with E-state index >= 15 is 0 Å². The second-order valence-electron chi connectivity index (χ2n) is 6.27. The SMILES string of the molecule is Cc1nc(Nc2ccccc2F)cc(C(=O)N2CCC(C)CC2)n1. The highest BCUT2D eigenvalue weighted by atomic mass is 19.1. The van der Waals surface area contributed by atoms with E-state index < -0.39 is 0 Å². The number of anilines is 2. The largest absolute Gasteiger partial charge is 0.338 e. The van der Waals surface area contributed by atoms with E-state index in [-0.39, 0.29) is 11.7 Å². The Morgan fingerprint density at radius 2 is 1.96 bits per heavy atom. The standard InChI is InChI=1S/C18H21FN4O/c1-12-7-9-23(10-8-12)18(24)16-11-17(21-13(2)20-16)22-15-6-4-3-5-14(15)19/h3-6,11-12H,7-10H2,1-2H3,(H,20,21,22). The van der Waals surface area contributed by atoms with Crippen LogP contribution in [0.4, 0.5) is 15.9 Å². The molecule has 1 saturated heterocycles. The minimum absolute atomic E-state index is 0.0935. The monoisotopic (exact) mass is 328 g/mol.